The zero-order valence-corrected chi connectivity index (χ0v) is 16.4. The van der Waals surface area contributed by atoms with Crippen LogP contribution in [0.3, 0.4) is 0 Å². The molecule has 0 unspecified atom stereocenters. The summed E-state index contributed by atoms with van der Waals surface area (Å²) in [6.07, 6.45) is 0. The summed E-state index contributed by atoms with van der Waals surface area (Å²) in [6.45, 7) is 7.65. The Hall–Kier alpha value is -3.00. The van der Waals surface area contributed by atoms with E-state index >= 15 is 0 Å². The number of benzene rings is 1. The number of morpholine rings is 1. The van der Waals surface area contributed by atoms with Crippen molar-refractivity contribution in [1.29, 1.82) is 0 Å². The van der Waals surface area contributed by atoms with Gasteiger partial charge in [0.15, 0.2) is 0 Å². The van der Waals surface area contributed by atoms with E-state index < -0.39 is 0 Å². The van der Waals surface area contributed by atoms with E-state index in [-0.39, 0.29) is 11.7 Å². The highest BCUT2D eigenvalue weighted by atomic mass is 16.5. The molecular formula is C20H24N6O2. The number of fused-ring (bicyclic) bond motifs is 1. The molecule has 0 radical (unpaired) electrons. The summed E-state index contributed by atoms with van der Waals surface area (Å²) in [5.74, 6) is 0.387. The number of nitrogens with zero attached hydrogens (tertiary/aromatic N) is 6. The number of carbonyl (C=O) groups is 1. The van der Waals surface area contributed by atoms with Gasteiger partial charge < -0.3 is 14.5 Å². The molecule has 146 valence electrons. The minimum Gasteiger partial charge on any atom is -0.378 e. The Labute approximate surface area is 163 Å². The topological polar surface area (TPSA) is 75.9 Å². The molecule has 0 atom stereocenters. The Balaban J connectivity index is 1.46. The lowest BCUT2D eigenvalue weighted by molar-refractivity contribution is 0.0773. The molecule has 0 spiro atoms. The molecule has 1 amide bonds. The van der Waals surface area contributed by atoms with E-state index in [0.717, 1.165) is 43.3 Å². The standard InChI is InChI=1S/C20H24N6O2/c1-14-12-15(2)26-20(21-14)22-18(23-26)19(27)24(3)13-16-4-6-17(7-5-16)25-8-10-28-11-9-25/h4-7,12H,8-11,13H2,1-3H3. The molecule has 1 saturated heterocycles. The third-order valence-corrected chi connectivity index (χ3v) is 4.89. The van der Waals surface area contributed by atoms with Crippen LogP contribution in [0.15, 0.2) is 30.3 Å². The second-order valence-electron chi connectivity index (χ2n) is 7.11. The second-order valence-corrected chi connectivity index (χ2v) is 7.11. The van der Waals surface area contributed by atoms with Crippen LogP contribution >= 0.6 is 0 Å². The number of rotatable bonds is 4. The molecule has 2 aromatic heterocycles. The summed E-state index contributed by atoms with van der Waals surface area (Å²) in [6, 6.07) is 10.2. The van der Waals surface area contributed by atoms with Crippen molar-refractivity contribution in [3.63, 3.8) is 0 Å². The molecule has 1 aliphatic heterocycles. The minimum absolute atomic E-state index is 0.161. The lowest BCUT2D eigenvalue weighted by Crippen LogP contribution is -2.36. The van der Waals surface area contributed by atoms with Crippen molar-refractivity contribution in [2.24, 2.45) is 0 Å². The van der Waals surface area contributed by atoms with Crippen molar-refractivity contribution in [2.75, 3.05) is 38.3 Å². The maximum Gasteiger partial charge on any atom is 0.293 e. The lowest BCUT2D eigenvalue weighted by Gasteiger charge is -2.29. The molecule has 28 heavy (non-hydrogen) atoms. The molecule has 3 aromatic rings. The van der Waals surface area contributed by atoms with E-state index in [1.54, 1.807) is 16.5 Å². The molecule has 0 saturated carbocycles. The van der Waals surface area contributed by atoms with E-state index in [1.165, 1.54) is 5.69 Å². The number of hydrogen-bond donors (Lipinski definition) is 0. The first-order valence-electron chi connectivity index (χ1n) is 9.39. The van der Waals surface area contributed by atoms with Gasteiger partial charge >= 0.3 is 0 Å². The predicted octanol–water partition coefficient (Wildman–Crippen LogP) is 1.85. The second kappa shape index (κ2) is 7.55. The molecule has 8 heteroatoms. The molecule has 0 bridgehead atoms. The van der Waals surface area contributed by atoms with Gasteiger partial charge in [0.05, 0.1) is 13.2 Å². The van der Waals surface area contributed by atoms with Gasteiger partial charge in [0, 0.05) is 43.8 Å². The molecule has 0 N–H and O–H groups in total. The fourth-order valence-corrected chi connectivity index (χ4v) is 3.41. The monoisotopic (exact) mass is 380 g/mol. The zero-order valence-electron chi connectivity index (χ0n) is 16.4. The van der Waals surface area contributed by atoms with Gasteiger partial charge in [0.2, 0.25) is 5.82 Å². The van der Waals surface area contributed by atoms with E-state index in [2.05, 4.69) is 44.2 Å². The summed E-state index contributed by atoms with van der Waals surface area (Å²) in [4.78, 5) is 25.3. The van der Waals surface area contributed by atoms with E-state index in [1.807, 2.05) is 19.9 Å². The molecular weight excluding hydrogens is 356 g/mol. The van der Waals surface area contributed by atoms with Crippen LogP contribution < -0.4 is 4.90 Å². The summed E-state index contributed by atoms with van der Waals surface area (Å²) >= 11 is 0. The number of amides is 1. The largest absolute Gasteiger partial charge is 0.378 e. The quantitative estimate of drug-likeness (QED) is 0.688. The van der Waals surface area contributed by atoms with Crippen molar-refractivity contribution in [1.82, 2.24) is 24.5 Å². The van der Waals surface area contributed by atoms with Gasteiger partial charge in [0.1, 0.15) is 0 Å². The minimum atomic E-state index is -0.222. The maximum atomic E-state index is 12.8. The molecule has 1 aromatic carbocycles. The van der Waals surface area contributed by atoms with Crippen molar-refractivity contribution >= 4 is 17.4 Å². The Morgan fingerprint density at radius 3 is 2.57 bits per heavy atom. The Morgan fingerprint density at radius 1 is 1.14 bits per heavy atom. The van der Waals surface area contributed by atoms with Crippen molar-refractivity contribution in [3.8, 4) is 0 Å². The average molecular weight is 380 g/mol. The van der Waals surface area contributed by atoms with E-state index in [4.69, 9.17) is 4.74 Å². The number of aryl methyl sites for hydroxylation is 2. The fraction of sp³-hybridized carbons (Fsp3) is 0.400. The fourth-order valence-electron chi connectivity index (χ4n) is 3.41. The van der Waals surface area contributed by atoms with Gasteiger partial charge in [-0.1, -0.05) is 12.1 Å². The van der Waals surface area contributed by atoms with Crippen molar-refractivity contribution in [3.05, 3.63) is 53.1 Å². The summed E-state index contributed by atoms with van der Waals surface area (Å²) < 4.78 is 7.00. The summed E-state index contributed by atoms with van der Waals surface area (Å²) in [7, 11) is 1.76. The van der Waals surface area contributed by atoms with Crippen LogP contribution in [0.1, 0.15) is 27.6 Å². The summed E-state index contributed by atoms with van der Waals surface area (Å²) in [5, 5.41) is 4.32. The number of ether oxygens (including phenoxy) is 1. The normalized spacial score (nSPS) is 14.5. The Kier molecular flexibility index (Phi) is 4.95. The van der Waals surface area contributed by atoms with E-state index in [9.17, 15) is 4.79 Å². The number of anilines is 1. The molecule has 1 aliphatic rings. The van der Waals surface area contributed by atoms with Crippen LogP contribution in [0, 0.1) is 13.8 Å². The third-order valence-electron chi connectivity index (χ3n) is 4.89. The Bertz CT molecular complexity index is 992. The lowest BCUT2D eigenvalue weighted by atomic mass is 10.1. The first kappa shape index (κ1) is 18.4. The number of aromatic nitrogens is 4. The first-order chi connectivity index (χ1) is 13.5. The SMILES string of the molecule is Cc1cc(C)n2nc(C(=O)N(C)Cc3ccc(N4CCOCC4)cc3)nc2n1. The highest BCUT2D eigenvalue weighted by Gasteiger charge is 2.19. The molecule has 8 nitrogen and oxygen atoms in total. The van der Waals surface area contributed by atoms with Gasteiger partial charge in [-0.25, -0.2) is 9.50 Å². The first-order valence-corrected chi connectivity index (χ1v) is 9.39. The highest BCUT2D eigenvalue weighted by Crippen LogP contribution is 2.18. The molecule has 3 heterocycles. The summed E-state index contributed by atoms with van der Waals surface area (Å²) in [5.41, 5.74) is 3.99. The van der Waals surface area contributed by atoms with Gasteiger partial charge in [-0.15, -0.1) is 5.10 Å². The van der Waals surface area contributed by atoms with Crippen LogP contribution in [-0.4, -0.2) is 63.7 Å². The van der Waals surface area contributed by atoms with Gasteiger partial charge in [-0.05, 0) is 37.6 Å². The third kappa shape index (κ3) is 3.68. The van der Waals surface area contributed by atoms with E-state index in [0.29, 0.717) is 12.3 Å². The molecule has 0 aliphatic carbocycles. The highest BCUT2D eigenvalue weighted by molar-refractivity contribution is 5.90. The van der Waals surface area contributed by atoms with Crippen LogP contribution in [0.4, 0.5) is 5.69 Å². The smallest absolute Gasteiger partial charge is 0.293 e. The Morgan fingerprint density at radius 2 is 1.86 bits per heavy atom. The molecule has 1 fully saturated rings. The molecule has 4 rings (SSSR count). The number of hydrogen-bond acceptors (Lipinski definition) is 6. The average Bonchev–Trinajstić information content (AvgIpc) is 3.13. The van der Waals surface area contributed by atoms with Crippen LogP contribution in [0.5, 0.6) is 0 Å². The van der Waals surface area contributed by atoms with Crippen LogP contribution in [-0.2, 0) is 11.3 Å². The number of carbonyl (C=O) groups excluding carboxylic acids is 1. The van der Waals surface area contributed by atoms with Crippen molar-refractivity contribution < 1.29 is 9.53 Å². The predicted molar refractivity (Wildman–Crippen MR) is 106 cm³/mol. The van der Waals surface area contributed by atoms with Gasteiger partial charge in [-0.3, -0.25) is 4.79 Å². The van der Waals surface area contributed by atoms with Crippen LogP contribution in [0.2, 0.25) is 0 Å². The maximum absolute atomic E-state index is 12.8. The van der Waals surface area contributed by atoms with Gasteiger partial charge in [0.25, 0.3) is 11.7 Å². The van der Waals surface area contributed by atoms with Crippen molar-refractivity contribution in [2.45, 2.75) is 20.4 Å². The van der Waals surface area contributed by atoms with Crippen LogP contribution in [0.25, 0.3) is 5.78 Å². The zero-order chi connectivity index (χ0) is 19.7. The van der Waals surface area contributed by atoms with Gasteiger partial charge in [-0.2, -0.15) is 4.98 Å².